The molecule has 0 spiro atoms. The zero-order valence-electron chi connectivity index (χ0n) is 26.0. The van der Waals surface area contributed by atoms with Gasteiger partial charge in [0, 0.05) is 32.1 Å². The van der Waals surface area contributed by atoms with E-state index in [0.717, 1.165) is 49.5 Å². The number of aliphatic hydroxyl groups is 1. The molecule has 5 fully saturated rings. The molecular formula is C33H58N4O3. The lowest BCUT2D eigenvalue weighted by atomic mass is 9.44. The Bertz CT molecular complexity index is 912. The van der Waals surface area contributed by atoms with Crippen LogP contribution in [0.25, 0.3) is 0 Å². The summed E-state index contributed by atoms with van der Waals surface area (Å²) in [7, 11) is 3.99. The number of nitrogens with zero attached hydrogens (tertiary/aromatic N) is 1. The largest absolute Gasteiger partial charge is 0.393 e. The first-order valence-corrected chi connectivity index (χ1v) is 16.6. The van der Waals surface area contributed by atoms with E-state index < -0.39 is 0 Å². The van der Waals surface area contributed by atoms with E-state index in [2.05, 4.69) is 41.6 Å². The van der Waals surface area contributed by atoms with E-state index in [1.54, 1.807) is 0 Å². The van der Waals surface area contributed by atoms with Crippen LogP contribution in [0.5, 0.6) is 0 Å². The standard InChI is InChI=1S/C33H58N4O3/c1-21(6-11-30(39)36-23-19-29(35-20-23)31(40)34-16-17-37(4)5)26-9-10-27-25-8-7-22-18-24(38)12-14-32(22,2)28(25)13-15-33(26,27)3/h21-29,35,38H,6-20H2,1-5H3,(H,34,40)(H,36,39)/t21-,22?,23?,24-,25?,26-,27?,28?,29+,32+,33-/m1/s1. The summed E-state index contributed by atoms with van der Waals surface area (Å²) in [6.45, 7) is 9.72. The molecule has 0 bridgehead atoms. The molecule has 4 aliphatic carbocycles. The van der Waals surface area contributed by atoms with Crippen LogP contribution in [0.1, 0.15) is 97.8 Å². The van der Waals surface area contributed by atoms with Crippen molar-refractivity contribution < 1.29 is 14.7 Å². The smallest absolute Gasteiger partial charge is 0.237 e. The van der Waals surface area contributed by atoms with Crippen LogP contribution in [-0.2, 0) is 9.59 Å². The molecule has 228 valence electrons. The summed E-state index contributed by atoms with van der Waals surface area (Å²) >= 11 is 0. The molecule has 11 atom stereocenters. The second-order valence-electron chi connectivity index (χ2n) is 15.4. The average Bonchev–Trinajstić information content (AvgIpc) is 3.51. The number of hydrogen-bond acceptors (Lipinski definition) is 5. The van der Waals surface area contributed by atoms with Gasteiger partial charge in [0.05, 0.1) is 12.1 Å². The van der Waals surface area contributed by atoms with E-state index in [4.69, 9.17) is 0 Å². The van der Waals surface area contributed by atoms with E-state index in [0.29, 0.717) is 48.6 Å². The van der Waals surface area contributed by atoms with E-state index >= 15 is 0 Å². The molecule has 2 amide bonds. The maximum atomic E-state index is 12.9. The number of hydrogen-bond donors (Lipinski definition) is 4. The molecule has 0 aromatic rings. The molecule has 4 N–H and O–H groups in total. The Kier molecular flexibility index (Phi) is 9.24. The van der Waals surface area contributed by atoms with Gasteiger partial charge in [0.2, 0.25) is 11.8 Å². The third-order valence-electron chi connectivity index (χ3n) is 12.9. The zero-order chi connectivity index (χ0) is 28.7. The molecule has 7 nitrogen and oxygen atoms in total. The topological polar surface area (TPSA) is 93.7 Å². The van der Waals surface area contributed by atoms with Crippen molar-refractivity contribution in [3.63, 3.8) is 0 Å². The third kappa shape index (κ3) is 5.99. The molecule has 1 saturated heterocycles. The lowest BCUT2D eigenvalue weighted by molar-refractivity contribution is -0.130. The number of carbonyl (C=O) groups is 2. The van der Waals surface area contributed by atoms with Gasteiger partial charge < -0.3 is 26.0 Å². The molecule has 40 heavy (non-hydrogen) atoms. The van der Waals surface area contributed by atoms with Gasteiger partial charge in [-0.05, 0) is 131 Å². The maximum Gasteiger partial charge on any atom is 0.237 e. The fraction of sp³-hybridized carbons (Fsp3) is 0.939. The summed E-state index contributed by atoms with van der Waals surface area (Å²) in [5.74, 6) is 4.71. The first-order valence-electron chi connectivity index (χ1n) is 16.6. The van der Waals surface area contributed by atoms with Crippen molar-refractivity contribution in [2.75, 3.05) is 33.7 Å². The predicted molar refractivity (Wildman–Crippen MR) is 160 cm³/mol. The van der Waals surface area contributed by atoms with Crippen LogP contribution in [0.15, 0.2) is 0 Å². The Morgan fingerprint density at radius 3 is 2.52 bits per heavy atom. The minimum absolute atomic E-state index is 0.0356. The Balaban J connectivity index is 1.09. The van der Waals surface area contributed by atoms with Gasteiger partial charge >= 0.3 is 0 Å². The van der Waals surface area contributed by atoms with E-state index in [1.807, 2.05) is 14.1 Å². The number of amides is 2. The zero-order valence-corrected chi connectivity index (χ0v) is 26.0. The summed E-state index contributed by atoms with van der Waals surface area (Å²) in [5.41, 5.74) is 0.850. The van der Waals surface area contributed by atoms with Crippen molar-refractivity contribution in [1.29, 1.82) is 0 Å². The Morgan fingerprint density at radius 2 is 1.75 bits per heavy atom. The molecule has 7 heteroatoms. The van der Waals surface area contributed by atoms with Crippen LogP contribution in [0.3, 0.4) is 0 Å². The lowest BCUT2D eigenvalue weighted by Crippen LogP contribution is -2.54. The number of carbonyl (C=O) groups excluding carboxylic acids is 2. The van der Waals surface area contributed by atoms with Crippen LogP contribution in [0.2, 0.25) is 0 Å². The van der Waals surface area contributed by atoms with Crippen LogP contribution in [0, 0.1) is 46.3 Å². The highest BCUT2D eigenvalue weighted by molar-refractivity contribution is 5.82. The third-order valence-corrected chi connectivity index (χ3v) is 12.9. The minimum Gasteiger partial charge on any atom is -0.393 e. The average molecular weight is 559 g/mol. The summed E-state index contributed by atoms with van der Waals surface area (Å²) < 4.78 is 0. The molecule has 4 saturated carbocycles. The van der Waals surface area contributed by atoms with Gasteiger partial charge in [-0.15, -0.1) is 0 Å². The van der Waals surface area contributed by atoms with Gasteiger partial charge in [-0.2, -0.15) is 0 Å². The van der Waals surface area contributed by atoms with Crippen molar-refractivity contribution in [3.05, 3.63) is 0 Å². The van der Waals surface area contributed by atoms with Crippen molar-refractivity contribution in [2.45, 2.75) is 116 Å². The lowest BCUT2D eigenvalue weighted by Gasteiger charge is -2.61. The fourth-order valence-electron chi connectivity index (χ4n) is 10.6. The van der Waals surface area contributed by atoms with Crippen molar-refractivity contribution in [3.8, 4) is 0 Å². The predicted octanol–water partition coefficient (Wildman–Crippen LogP) is 3.95. The van der Waals surface area contributed by atoms with Crippen LogP contribution in [-0.4, -0.2) is 73.7 Å². The van der Waals surface area contributed by atoms with Crippen molar-refractivity contribution >= 4 is 11.8 Å². The minimum atomic E-state index is -0.215. The summed E-state index contributed by atoms with van der Waals surface area (Å²) in [4.78, 5) is 27.4. The first-order chi connectivity index (χ1) is 19.0. The second kappa shape index (κ2) is 12.2. The van der Waals surface area contributed by atoms with Crippen molar-refractivity contribution in [2.24, 2.45) is 46.3 Å². The molecule has 0 aromatic carbocycles. The number of likely N-dealkylation sites (N-methyl/N-ethyl adjacent to an activating group) is 1. The second-order valence-corrected chi connectivity index (χ2v) is 15.4. The van der Waals surface area contributed by atoms with Crippen LogP contribution < -0.4 is 16.0 Å². The molecule has 1 aliphatic heterocycles. The Morgan fingerprint density at radius 1 is 1.00 bits per heavy atom. The molecule has 0 radical (unpaired) electrons. The quantitative estimate of drug-likeness (QED) is 0.344. The highest BCUT2D eigenvalue weighted by atomic mass is 16.3. The summed E-state index contributed by atoms with van der Waals surface area (Å²) in [6.07, 6.45) is 13.5. The van der Waals surface area contributed by atoms with Gasteiger partial charge in [-0.3, -0.25) is 9.59 Å². The molecule has 5 rings (SSSR count). The SMILES string of the molecule is C[C@H](CCC(=O)NC1CN[C@H](C(=O)NCCN(C)C)C1)[C@H]1CCC2C3CCC4C[C@H](O)CC[C@]4(C)C3CC[C@@]21C. The van der Waals surface area contributed by atoms with Gasteiger partial charge in [-0.25, -0.2) is 0 Å². The Labute approximate surface area is 243 Å². The molecule has 5 aliphatic rings. The maximum absolute atomic E-state index is 12.9. The van der Waals surface area contributed by atoms with Gasteiger partial charge in [0.15, 0.2) is 0 Å². The molecular weight excluding hydrogens is 500 g/mol. The number of aliphatic hydroxyl groups excluding tert-OH is 1. The summed E-state index contributed by atoms with van der Waals surface area (Å²) in [6, 6.07) is -0.179. The number of nitrogens with one attached hydrogen (secondary N) is 3. The van der Waals surface area contributed by atoms with Gasteiger partial charge in [0.1, 0.15) is 0 Å². The monoisotopic (exact) mass is 558 g/mol. The fourth-order valence-corrected chi connectivity index (χ4v) is 10.6. The molecule has 0 aromatic heterocycles. The van der Waals surface area contributed by atoms with Crippen molar-refractivity contribution in [1.82, 2.24) is 20.9 Å². The number of fused-ring (bicyclic) bond motifs is 5. The van der Waals surface area contributed by atoms with E-state index in [1.165, 1.54) is 44.9 Å². The van der Waals surface area contributed by atoms with E-state index in [9.17, 15) is 14.7 Å². The number of rotatable bonds is 9. The Hall–Kier alpha value is -1.18. The highest BCUT2D eigenvalue weighted by Crippen LogP contribution is 2.68. The van der Waals surface area contributed by atoms with E-state index in [-0.39, 0.29) is 30.0 Å². The summed E-state index contributed by atoms with van der Waals surface area (Å²) in [5, 5.41) is 19.8. The van der Waals surface area contributed by atoms with Crippen LogP contribution >= 0.6 is 0 Å². The molecule has 5 unspecified atom stereocenters. The van der Waals surface area contributed by atoms with Gasteiger partial charge in [-0.1, -0.05) is 20.8 Å². The molecule has 1 heterocycles. The normalized spacial score (nSPS) is 43.5. The van der Waals surface area contributed by atoms with Gasteiger partial charge in [0.25, 0.3) is 0 Å². The van der Waals surface area contributed by atoms with Crippen LogP contribution in [0.4, 0.5) is 0 Å². The highest BCUT2D eigenvalue weighted by Gasteiger charge is 2.60. The first kappa shape index (κ1) is 30.3.